The highest BCUT2D eigenvalue weighted by atomic mass is 16.4. The van der Waals surface area contributed by atoms with Crippen LogP contribution in [0.5, 0.6) is 0 Å². The highest BCUT2D eigenvalue weighted by molar-refractivity contribution is 5.81. The molecule has 0 aromatic carbocycles. The lowest BCUT2D eigenvalue weighted by Gasteiger charge is -2.23. The molecule has 19 heavy (non-hydrogen) atoms. The standard InChI is InChI=1S/C17H30O2/c1-6-17(4,5)12-8-11-14(2)9-7-10-15(3)13-16(18)19/h7,10,13-14H,6,8-9,11-12H2,1-5H3,(H,18,19). The highest BCUT2D eigenvalue weighted by Crippen LogP contribution is 2.28. The summed E-state index contributed by atoms with van der Waals surface area (Å²) in [7, 11) is 0. The maximum Gasteiger partial charge on any atom is 0.328 e. The zero-order valence-electron chi connectivity index (χ0n) is 13.2. The molecular formula is C17H30O2. The summed E-state index contributed by atoms with van der Waals surface area (Å²) >= 11 is 0. The first-order valence-corrected chi connectivity index (χ1v) is 7.34. The van der Waals surface area contributed by atoms with E-state index in [-0.39, 0.29) is 0 Å². The van der Waals surface area contributed by atoms with Gasteiger partial charge in [0.1, 0.15) is 0 Å². The summed E-state index contributed by atoms with van der Waals surface area (Å²) in [6.45, 7) is 11.0. The summed E-state index contributed by atoms with van der Waals surface area (Å²) in [6.07, 6.45) is 11.3. The molecule has 0 aromatic heterocycles. The van der Waals surface area contributed by atoms with Crippen LogP contribution in [0.1, 0.15) is 66.7 Å². The molecule has 0 aliphatic heterocycles. The smallest absolute Gasteiger partial charge is 0.328 e. The molecule has 110 valence electrons. The average molecular weight is 266 g/mol. The van der Waals surface area contributed by atoms with Gasteiger partial charge in [0.05, 0.1) is 0 Å². The van der Waals surface area contributed by atoms with Crippen molar-refractivity contribution in [3.8, 4) is 0 Å². The molecular weight excluding hydrogens is 236 g/mol. The largest absolute Gasteiger partial charge is 0.478 e. The molecule has 0 aromatic rings. The Labute approximate surface area is 118 Å². The van der Waals surface area contributed by atoms with Gasteiger partial charge in [-0.3, -0.25) is 0 Å². The molecule has 0 heterocycles. The van der Waals surface area contributed by atoms with Crippen LogP contribution in [0.4, 0.5) is 0 Å². The van der Waals surface area contributed by atoms with Gasteiger partial charge in [-0.1, -0.05) is 59.1 Å². The third kappa shape index (κ3) is 10.5. The van der Waals surface area contributed by atoms with E-state index in [1.807, 2.05) is 13.0 Å². The van der Waals surface area contributed by atoms with E-state index in [2.05, 4.69) is 33.8 Å². The van der Waals surface area contributed by atoms with E-state index < -0.39 is 5.97 Å². The lowest BCUT2D eigenvalue weighted by Crippen LogP contribution is -2.09. The first kappa shape index (κ1) is 17.9. The van der Waals surface area contributed by atoms with Crippen molar-refractivity contribution in [3.63, 3.8) is 0 Å². The van der Waals surface area contributed by atoms with Crippen LogP contribution in [0.2, 0.25) is 0 Å². The van der Waals surface area contributed by atoms with Crippen molar-refractivity contribution < 1.29 is 9.90 Å². The Morgan fingerprint density at radius 2 is 2.00 bits per heavy atom. The summed E-state index contributed by atoms with van der Waals surface area (Å²) in [4.78, 5) is 10.5. The average Bonchev–Trinajstić information content (AvgIpc) is 2.27. The number of carbonyl (C=O) groups is 1. The topological polar surface area (TPSA) is 37.3 Å². The minimum absolute atomic E-state index is 0.469. The van der Waals surface area contributed by atoms with Crippen LogP contribution in [0.3, 0.4) is 0 Å². The Morgan fingerprint density at radius 3 is 2.53 bits per heavy atom. The fourth-order valence-electron chi connectivity index (χ4n) is 1.95. The fourth-order valence-corrected chi connectivity index (χ4v) is 1.95. The van der Waals surface area contributed by atoms with Crippen LogP contribution in [-0.4, -0.2) is 11.1 Å². The third-order valence-electron chi connectivity index (χ3n) is 3.78. The van der Waals surface area contributed by atoms with E-state index in [0.29, 0.717) is 11.3 Å². The molecule has 0 spiro atoms. The van der Waals surface area contributed by atoms with Crippen molar-refractivity contribution in [1.29, 1.82) is 0 Å². The molecule has 0 fully saturated rings. The molecule has 2 nitrogen and oxygen atoms in total. The van der Waals surface area contributed by atoms with E-state index in [1.54, 1.807) is 0 Å². The number of allylic oxidation sites excluding steroid dienone is 3. The van der Waals surface area contributed by atoms with Crippen LogP contribution >= 0.6 is 0 Å². The van der Waals surface area contributed by atoms with E-state index in [1.165, 1.54) is 31.8 Å². The second kappa shape index (κ2) is 8.95. The van der Waals surface area contributed by atoms with Crippen LogP contribution in [-0.2, 0) is 4.79 Å². The second-order valence-corrected chi connectivity index (χ2v) is 6.38. The first-order chi connectivity index (χ1) is 8.76. The van der Waals surface area contributed by atoms with Gasteiger partial charge >= 0.3 is 5.97 Å². The summed E-state index contributed by atoms with van der Waals surface area (Å²) in [5, 5.41) is 8.60. The van der Waals surface area contributed by atoms with Crippen LogP contribution < -0.4 is 0 Å². The van der Waals surface area contributed by atoms with Gasteiger partial charge in [0.2, 0.25) is 0 Å². The summed E-state index contributed by atoms with van der Waals surface area (Å²) in [5.41, 5.74) is 1.27. The molecule has 0 aliphatic rings. The number of hydrogen-bond donors (Lipinski definition) is 1. The Kier molecular flexibility index (Phi) is 8.46. The lowest BCUT2D eigenvalue weighted by molar-refractivity contribution is -0.131. The molecule has 0 saturated carbocycles. The second-order valence-electron chi connectivity index (χ2n) is 6.38. The Morgan fingerprint density at radius 1 is 1.37 bits per heavy atom. The summed E-state index contributed by atoms with van der Waals surface area (Å²) < 4.78 is 0. The molecule has 1 N–H and O–H groups in total. The normalized spacial score (nSPS) is 14.9. The van der Waals surface area contributed by atoms with E-state index in [0.717, 1.165) is 12.0 Å². The van der Waals surface area contributed by atoms with Crippen LogP contribution in [0, 0.1) is 11.3 Å². The van der Waals surface area contributed by atoms with Gasteiger partial charge in [-0.15, -0.1) is 0 Å². The van der Waals surface area contributed by atoms with Gasteiger partial charge in [0, 0.05) is 6.08 Å². The predicted octanol–water partition coefficient (Wildman–Crippen LogP) is 5.21. The quantitative estimate of drug-likeness (QED) is 0.459. The maximum atomic E-state index is 10.5. The van der Waals surface area contributed by atoms with Gasteiger partial charge in [0.15, 0.2) is 0 Å². The molecule has 0 bridgehead atoms. The van der Waals surface area contributed by atoms with E-state index in [9.17, 15) is 4.79 Å². The minimum atomic E-state index is -0.878. The highest BCUT2D eigenvalue weighted by Gasteiger charge is 2.14. The van der Waals surface area contributed by atoms with Crippen LogP contribution in [0.15, 0.2) is 23.8 Å². The Balaban J connectivity index is 3.91. The SMILES string of the molecule is CCC(C)(C)CCCC(C)CC=CC(C)=CC(=O)O. The minimum Gasteiger partial charge on any atom is -0.478 e. The number of carboxylic acids is 1. The van der Waals surface area contributed by atoms with E-state index >= 15 is 0 Å². The lowest BCUT2D eigenvalue weighted by atomic mass is 9.83. The Bertz CT molecular complexity index is 324. The van der Waals surface area contributed by atoms with Gasteiger partial charge in [-0.25, -0.2) is 4.79 Å². The van der Waals surface area contributed by atoms with E-state index in [4.69, 9.17) is 5.11 Å². The zero-order chi connectivity index (χ0) is 14.9. The van der Waals surface area contributed by atoms with Crippen molar-refractivity contribution in [1.82, 2.24) is 0 Å². The monoisotopic (exact) mass is 266 g/mol. The number of hydrogen-bond acceptors (Lipinski definition) is 1. The van der Waals surface area contributed by atoms with Crippen molar-refractivity contribution in [2.75, 3.05) is 0 Å². The predicted molar refractivity (Wildman–Crippen MR) is 82.2 cm³/mol. The molecule has 0 aliphatic carbocycles. The first-order valence-electron chi connectivity index (χ1n) is 7.34. The van der Waals surface area contributed by atoms with Crippen molar-refractivity contribution in [2.24, 2.45) is 11.3 Å². The maximum absolute atomic E-state index is 10.5. The van der Waals surface area contributed by atoms with Gasteiger partial charge in [-0.2, -0.15) is 0 Å². The van der Waals surface area contributed by atoms with Crippen molar-refractivity contribution >= 4 is 5.97 Å². The van der Waals surface area contributed by atoms with Crippen molar-refractivity contribution in [3.05, 3.63) is 23.8 Å². The molecule has 0 rings (SSSR count). The molecule has 1 atom stereocenters. The van der Waals surface area contributed by atoms with Crippen LogP contribution in [0.25, 0.3) is 0 Å². The van der Waals surface area contributed by atoms with Gasteiger partial charge < -0.3 is 5.11 Å². The zero-order valence-corrected chi connectivity index (χ0v) is 13.2. The van der Waals surface area contributed by atoms with Gasteiger partial charge in [0.25, 0.3) is 0 Å². The summed E-state index contributed by atoms with van der Waals surface area (Å²) in [6, 6.07) is 0. The summed E-state index contributed by atoms with van der Waals surface area (Å²) in [5.74, 6) is -0.210. The Hall–Kier alpha value is -1.05. The number of carboxylic acid groups (broad SMARTS) is 1. The third-order valence-corrected chi connectivity index (χ3v) is 3.78. The molecule has 0 radical (unpaired) electrons. The van der Waals surface area contributed by atoms with Gasteiger partial charge in [-0.05, 0) is 36.7 Å². The molecule has 2 heteroatoms. The molecule has 1 unspecified atom stereocenters. The van der Waals surface area contributed by atoms with Crippen molar-refractivity contribution in [2.45, 2.75) is 66.7 Å². The molecule has 0 saturated heterocycles. The fraction of sp³-hybridized carbons (Fsp3) is 0.706. The molecule has 0 amide bonds. The number of aliphatic carboxylic acids is 1. The number of rotatable bonds is 9.